The molecule has 0 aliphatic heterocycles. The first-order valence-electron chi connectivity index (χ1n) is 9.25. The Balaban J connectivity index is 1.37. The van der Waals surface area contributed by atoms with Crippen LogP contribution in [-0.4, -0.2) is 5.91 Å². The molecule has 0 aliphatic rings. The molecule has 1 amide bonds. The van der Waals surface area contributed by atoms with Gasteiger partial charge in [0.2, 0.25) is 0 Å². The van der Waals surface area contributed by atoms with Crippen molar-refractivity contribution in [2.24, 2.45) is 0 Å². The van der Waals surface area contributed by atoms with Crippen LogP contribution in [0, 0.1) is 0 Å². The van der Waals surface area contributed by atoms with Crippen LogP contribution >= 0.6 is 0 Å². The van der Waals surface area contributed by atoms with E-state index in [9.17, 15) is 4.79 Å². The van der Waals surface area contributed by atoms with Crippen LogP contribution in [0.2, 0.25) is 0 Å². The Morgan fingerprint density at radius 1 is 0.929 bits per heavy atom. The Morgan fingerprint density at radius 2 is 1.68 bits per heavy atom. The van der Waals surface area contributed by atoms with Gasteiger partial charge < -0.3 is 14.5 Å². The van der Waals surface area contributed by atoms with Crippen LogP contribution in [-0.2, 0) is 6.61 Å². The Morgan fingerprint density at radius 3 is 2.50 bits per heavy atom. The van der Waals surface area contributed by atoms with Crippen LogP contribution in [0.25, 0.3) is 10.8 Å². The number of ether oxygens (including phenoxy) is 1. The number of hydrogen-bond donors (Lipinski definition) is 1. The summed E-state index contributed by atoms with van der Waals surface area (Å²) in [5.41, 5.74) is 1.04. The second-order valence-corrected chi connectivity index (χ2v) is 6.67. The van der Waals surface area contributed by atoms with Crippen LogP contribution in [0.1, 0.15) is 34.8 Å². The number of carbonyl (C=O) groups excluding carboxylic acids is 1. The minimum Gasteiger partial charge on any atom is -0.486 e. The second-order valence-electron chi connectivity index (χ2n) is 6.67. The first-order chi connectivity index (χ1) is 13.7. The fraction of sp³-hybridized carbons (Fsp3) is 0.125. The van der Waals surface area contributed by atoms with E-state index < -0.39 is 0 Å². The van der Waals surface area contributed by atoms with Crippen molar-refractivity contribution in [3.63, 3.8) is 0 Å². The molecule has 28 heavy (non-hydrogen) atoms. The van der Waals surface area contributed by atoms with E-state index in [1.165, 1.54) is 5.39 Å². The molecule has 140 valence electrons. The smallest absolute Gasteiger partial charge is 0.287 e. The molecule has 1 aromatic heterocycles. The molecule has 4 rings (SSSR count). The van der Waals surface area contributed by atoms with Crippen molar-refractivity contribution in [1.82, 2.24) is 5.32 Å². The van der Waals surface area contributed by atoms with Crippen molar-refractivity contribution < 1.29 is 13.9 Å². The van der Waals surface area contributed by atoms with E-state index in [0.717, 1.165) is 16.7 Å². The fourth-order valence-electron chi connectivity index (χ4n) is 3.08. The molecule has 0 fully saturated rings. The minimum absolute atomic E-state index is 0.101. The molecule has 0 radical (unpaired) electrons. The number of hydrogen-bond acceptors (Lipinski definition) is 3. The third-order valence-electron chi connectivity index (χ3n) is 4.63. The van der Waals surface area contributed by atoms with E-state index in [0.29, 0.717) is 5.76 Å². The fourth-order valence-corrected chi connectivity index (χ4v) is 3.08. The van der Waals surface area contributed by atoms with Gasteiger partial charge in [0.15, 0.2) is 5.76 Å². The molecule has 1 N–H and O–H groups in total. The molecule has 1 atom stereocenters. The molecule has 0 saturated heterocycles. The molecule has 1 heterocycles. The molecular formula is C24H21NO3. The van der Waals surface area contributed by atoms with Crippen molar-refractivity contribution in [2.45, 2.75) is 19.6 Å². The normalized spacial score (nSPS) is 11.9. The van der Waals surface area contributed by atoms with Crippen molar-refractivity contribution in [3.8, 4) is 5.75 Å². The second kappa shape index (κ2) is 8.01. The van der Waals surface area contributed by atoms with E-state index in [2.05, 4.69) is 11.4 Å². The average molecular weight is 371 g/mol. The van der Waals surface area contributed by atoms with Gasteiger partial charge in [-0.2, -0.15) is 0 Å². The molecular weight excluding hydrogens is 350 g/mol. The number of carbonyl (C=O) groups is 1. The van der Waals surface area contributed by atoms with Gasteiger partial charge in [-0.3, -0.25) is 4.79 Å². The highest BCUT2D eigenvalue weighted by Crippen LogP contribution is 2.22. The summed E-state index contributed by atoms with van der Waals surface area (Å²) in [5, 5.41) is 5.23. The SMILES string of the molecule is CC(NC(=O)c1ccc(COc2ccc3ccccc3c2)o1)c1ccccc1. The van der Waals surface area contributed by atoms with Crippen LogP contribution in [0.3, 0.4) is 0 Å². The van der Waals surface area contributed by atoms with Gasteiger partial charge in [-0.1, -0.05) is 60.7 Å². The summed E-state index contributed by atoms with van der Waals surface area (Å²) in [6.07, 6.45) is 0. The van der Waals surface area contributed by atoms with Crippen molar-refractivity contribution >= 4 is 16.7 Å². The maximum atomic E-state index is 12.4. The number of benzene rings is 3. The molecule has 4 nitrogen and oxygen atoms in total. The number of furan rings is 1. The third kappa shape index (κ3) is 4.07. The summed E-state index contributed by atoms with van der Waals surface area (Å²) in [7, 11) is 0. The lowest BCUT2D eigenvalue weighted by molar-refractivity contribution is 0.0907. The number of fused-ring (bicyclic) bond motifs is 1. The van der Waals surface area contributed by atoms with Crippen LogP contribution in [0.4, 0.5) is 0 Å². The van der Waals surface area contributed by atoms with Crippen LogP contribution in [0.15, 0.2) is 89.3 Å². The molecule has 0 bridgehead atoms. The summed E-state index contributed by atoms with van der Waals surface area (Å²) >= 11 is 0. The average Bonchev–Trinajstić information content (AvgIpc) is 3.22. The Hall–Kier alpha value is -3.53. The summed E-state index contributed by atoms with van der Waals surface area (Å²) in [5.74, 6) is 1.40. The summed E-state index contributed by atoms with van der Waals surface area (Å²) in [6, 6.07) is 27.2. The monoisotopic (exact) mass is 371 g/mol. The molecule has 4 aromatic rings. The summed E-state index contributed by atoms with van der Waals surface area (Å²) in [6.45, 7) is 2.21. The highest BCUT2D eigenvalue weighted by Gasteiger charge is 2.15. The van der Waals surface area contributed by atoms with E-state index >= 15 is 0 Å². The molecule has 3 aromatic carbocycles. The quantitative estimate of drug-likeness (QED) is 0.487. The van der Waals surface area contributed by atoms with Crippen molar-refractivity contribution in [1.29, 1.82) is 0 Å². The van der Waals surface area contributed by atoms with Gasteiger partial charge in [-0.05, 0) is 47.5 Å². The molecule has 4 heteroatoms. The zero-order valence-electron chi connectivity index (χ0n) is 15.6. The van der Waals surface area contributed by atoms with Gasteiger partial charge in [-0.15, -0.1) is 0 Å². The van der Waals surface area contributed by atoms with E-state index in [-0.39, 0.29) is 24.3 Å². The Labute approximate surface area is 163 Å². The summed E-state index contributed by atoms with van der Waals surface area (Å²) < 4.78 is 11.5. The molecule has 1 unspecified atom stereocenters. The Bertz CT molecular complexity index is 1090. The van der Waals surface area contributed by atoms with Crippen molar-refractivity contribution in [3.05, 3.63) is 102 Å². The number of amides is 1. The first-order valence-corrected chi connectivity index (χ1v) is 9.25. The lowest BCUT2D eigenvalue weighted by Gasteiger charge is -2.13. The predicted octanol–water partition coefficient (Wildman–Crippen LogP) is 5.50. The zero-order valence-corrected chi connectivity index (χ0v) is 15.6. The minimum atomic E-state index is -0.242. The zero-order chi connectivity index (χ0) is 19.3. The van der Waals surface area contributed by atoms with E-state index in [1.54, 1.807) is 12.1 Å². The van der Waals surface area contributed by atoms with Gasteiger partial charge >= 0.3 is 0 Å². The van der Waals surface area contributed by atoms with Crippen LogP contribution < -0.4 is 10.1 Å². The van der Waals surface area contributed by atoms with Gasteiger partial charge in [-0.25, -0.2) is 0 Å². The highest BCUT2D eigenvalue weighted by molar-refractivity contribution is 5.91. The largest absolute Gasteiger partial charge is 0.486 e. The van der Waals surface area contributed by atoms with E-state index in [1.807, 2.05) is 73.7 Å². The predicted molar refractivity (Wildman–Crippen MR) is 109 cm³/mol. The topological polar surface area (TPSA) is 51.5 Å². The number of rotatable bonds is 6. The first kappa shape index (κ1) is 17.9. The standard InChI is InChI=1S/C24H21NO3/c1-17(18-7-3-2-4-8-18)25-24(26)23-14-13-22(28-23)16-27-21-12-11-19-9-5-6-10-20(19)15-21/h2-15,17H,16H2,1H3,(H,25,26). The molecule has 0 saturated carbocycles. The van der Waals surface area contributed by atoms with Gasteiger partial charge in [0.1, 0.15) is 18.1 Å². The molecule has 0 spiro atoms. The third-order valence-corrected chi connectivity index (χ3v) is 4.63. The van der Waals surface area contributed by atoms with Gasteiger partial charge in [0.05, 0.1) is 6.04 Å². The Kier molecular flexibility index (Phi) is 5.11. The van der Waals surface area contributed by atoms with Gasteiger partial charge in [0.25, 0.3) is 5.91 Å². The van der Waals surface area contributed by atoms with Crippen LogP contribution in [0.5, 0.6) is 5.75 Å². The lowest BCUT2D eigenvalue weighted by Crippen LogP contribution is -2.26. The highest BCUT2D eigenvalue weighted by atomic mass is 16.5. The van der Waals surface area contributed by atoms with E-state index in [4.69, 9.17) is 9.15 Å². The van der Waals surface area contributed by atoms with Crippen molar-refractivity contribution in [2.75, 3.05) is 0 Å². The molecule has 0 aliphatic carbocycles. The summed E-state index contributed by atoms with van der Waals surface area (Å²) in [4.78, 5) is 12.4. The maximum Gasteiger partial charge on any atom is 0.287 e. The lowest BCUT2D eigenvalue weighted by atomic mass is 10.1. The van der Waals surface area contributed by atoms with Gasteiger partial charge in [0, 0.05) is 0 Å². The maximum absolute atomic E-state index is 12.4. The number of nitrogens with one attached hydrogen (secondary N) is 1.